The van der Waals surface area contributed by atoms with Crippen molar-refractivity contribution in [3.8, 4) is 11.4 Å². The van der Waals surface area contributed by atoms with Crippen molar-refractivity contribution in [1.82, 2.24) is 25.5 Å². The summed E-state index contributed by atoms with van der Waals surface area (Å²) in [6, 6.07) is 6.95. The molecule has 2 aliphatic rings. The molecule has 2 amide bonds. The summed E-state index contributed by atoms with van der Waals surface area (Å²) in [7, 11) is 0. The van der Waals surface area contributed by atoms with Crippen LogP contribution in [0.15, 0.2) is 30.5 Å². The Bertz CT molecular complexity index is 1240. The van der Waals surface area contributed by atoms with Gasteiger partial charge in [0.2, 0.25) is 5.95 Å². The highest BCUT2D eigenvalue weighted by molar-refractivity contribution is 6.05. The van der Waals surface area contributed by atoms with Gasteiger partial charge in [0, 0.05) is 42.3 Å². The monoisotopic (exact) mass is 461 g/mol. The van der Waals surface area contributed by atoms with Crippen molar-refractivity contribution >= 4 is 23.5 Å². The largest absolute Gasteiger partial charge is 0.381 e. The van der Waals surface area contributed by atoms with Crippen LogP contribution in [0.25, 0.3) is 11.4 Å². The van der Waals surface area contributed by atoms with Crippen LogP contribution >= 0.6 is 0 Å². The lowest BCUT2D eigenvalue weighted by molar-refractivity contribution is 0.0696. The highest BCUT2D eigenvalue weighted by atomic mass is 16.5. The maximum absolute atomic E-state index is 13.2. The summed E-state index contributed by atoms with van der Waals surface area (Å²) in [5.41, 5.74) is 9.97. The van der Waals surface area contributed by atoms with Crippen molar-refractivity contribution in [2.75, 3.05) is 24.3 Å². The molecule has 0 spiro atoms. The Hall–Kier alpha value is -3.79. The average Bonchev–Trinajstić information content (AvgIpc) is 3.28. The number of nitrogens with two attached hydrogens (primary N) is 1. The number of nitrogen functional groups attached to an aromatic ring is 1. The van der Waals surface area contributed by atoms with Crippen LogP contribution in [-0.4, -0.2) is 51.2 Å². The van der Waals surface area contributed by atoms with Gasteiger partial charge in [0.25, 0.3) is 11.8 Å². The third-order valence-corrected chi connectivity index (χ3v) is 6.37. The molecule has 0 atom stereocenters. The zero-order chi connectivity index (χ0) is 23.9. The van der Waals surface area contributed by atoms with Crippen LogP contribution in [0.3, 0.4) is 0 Å². The maximum Gasteiger partial charge on any atom is 0.276 e. The summed E-state index contributed by atoms with van der Waals surface area (Å²) in [4.78, 5) is 34.1. The third kappa shape index (κ3) is 4.12. The van der Waals surface area contributed by atoms with E-state index in [1.54, 1.807) is 30.5 Å². The van der Waals surface area contributed by atoms with Crippen molar-refractivity contribution in [2.45, 2.75) is 44.6 Å². The van der Waals surface area contributed by atoms with Crippen molar-refractivity contribution in [1.29, 1.82) is 0 Å². The first-order valence-corrected chi connectivity index (χ1v) is 11.3. The molecular formula is C24H27N7O3. The predicted molar refractivity (Wildman–Crippen MR) is 126 cm³/mol. The lowest BCUT2D eigenvalue weighted by atomic mass is 9.73. The number of anilines is 2. The van der Waals surface area contributed by atoms with E-state index >= 15 is 0 Å². The van der Waals surface area contributed by atoms with Crippen LogP contribution < -0.4 is 16.4 Å². The van der Waals surface area contributed by atoms with Gasteiger partial charge in [0.15, 0.2) is 5.69 Å². The van der Waals surface area contributed by atoms with Crippen LogP contribution in [0.1, 0.15) is 58.7 Å². The molecule has 3 aromatic rings. The number of hydrogen-bond donors (Lipinski definition) is 4. The summed E-state index contributed by atoms with van der Waals surface area (Å²) in [5, 5.41) is 13.2. The number of ether oxygens (including phenoxy) is 1. The fraction of sp³-hybridized carbons (Fsp3) is 0.375. The van der Waals surface area contributed by atoms with Crippen molar-refractivity contribution in [2.24, 2.45) is 0 Å². The molecule has 1 aliphatic carbocycles. The number of fused-ring (bicyclic) bond motifs is 3. The number of amides is 2. The molecule has 1 aromatic carbocycles. The topological polar surface area (TPSA) is 148 Å². The third-order valence-electron chi connectivity index (χ3n) is 6.37. The number of H-pyrrole nitrogens is 1. The number of hydrogen-bond acceptors (Lipinski definition) is 7. The molecule has 1 saturated heterocycles. The standard InChI is InChI=1S/C24H27N7O3/c1-24(2)11-14-12-26-23(25)29-18(14)19-17(24)20(31-30-19)22(33)28-15-5-3-13(4-6-15)21(32)27-16-7-9-34-10-8-16/h3-6,12,16H,7-11H2,1-2H3,(H,27,32)(H,28,33)(H,30,31)(H2,25,26,29). The first-order chi connectivity index (χ1) is 16.3. The Balaban J connectivity index is 1.33. The number of nitrogens with one attached hydrogen (secondary N) is 3. The van der Waals surface area contributed by atoms with E-state index in [1.165, 1.54) is 0 Å². The molecule has 10 nitrogen and oxygen atoms in total. The quantitative estimate of drug-likeness (QED) is 0.466. The van der Waals surface area contributed by atoms with Crippen LogP contribution in [0, 0.1) is 0 Å². The molecule has 0 unspecified atom stereocenters. The highest BCUT2D eigenvalue weighted by Crippen LogP contribution is 2.42. The van der Waals surface area contributed by atoms with Gasteiger partial charge in [-0.25, -0.2) is 9.97 Å². The van der Waals surface area contributed by atoms with Crippen LogP contribution in [0.4, 0.5) is 11.6 Å². The van der Waals surface area contributed by atoms with Gasteiger partial charge in [0.1, 0.15) is 0 Å². The first-order valence-electron chi connectivity index (χ1n) is 11.3. The van der Waals surface area contributed by atoms with E-state index < -0.39 is 0 Å². The van der Waals surface area contributed by atoms with Crippen LogP contribution in [-0.2, 0) is 16.6 Å². The minimum absolute atomic E-state index is 0.126. The summed E-state index contributed by atoms with van der Waals surface area (Å²) < 4.78 is 5.33. The zero-order valence-electron chi connectivity index (χ0n) is 19.1. The highest BCUT2D eigenvalue weighted by Gasteiger charge is 2.38. The number of aromatic nitrogens is 4. The molecule has 0 radical (unpaired) electrons. The van der Waals surface area contributed by atoms with Gasteiger partial charge in [0.05, 0.1) is 11.4 Å². The zero-order valence-corrected chi connectivity index (χ0v) is 19.1. The van der Waals surface area contributed by atoms with Gasteiger partial charge in [-0.15, -0.1) is 0 Å². The molecule has 176 valence electrons. The van der Waals surface area contributed by atoms with Gasteiger partial charge >= 0.3 is 0 Å². The molecule has 1 fully saturated rings. The van der Waals surface area contributed by atoms with E-state index in [4.69, 9.17) is 10.5 Å². The first kappa shape index (κ1) is 22.0. The minimum atomic E-state index is -0.354. The summed E-state index contributed by atoms with van der Waals surface area (Å²) in [6.45, 7) is 5.44. The van der Waals surface area contributed by atoms with E-state index in [0.29, 0.717) is 48.0 Å². The van der Waals surface area contributed by atoms with Crippen LogP contribution in [0.2, 0.25) is 0 Å². The van der Waals surface area contributed by atoms with Gasteiger partial charge in [-0.05, 0) is 54.5 Å². The molecule has 0 saturated carbocycles. The molecule has 5 N–H and O–H groups in total. The Morgan fingerprint density at radius 1 is 1.15 bits per heavy atom. The second kappa shape index (κ2) is 8.53. The minimum Gasteiger partial charge on any atom is -0.381 e. The van der Waals surface area contributed by atoms with Gasteiger partial charge in [-0.2, -0.15) is 5.10 Å². The molecular weight excluding hydrogens is 434 g/mol. The van der Waals surface area contributed by atoms with E-state index in [1.807, 2.05) is 0 Å². The van der Waals surface area contributed by atoms with Crippen LogP contribution in [0.5, 0.6) is 0 Å². The van der Waals surface area contributed by atoms with E-state index in [0.717, 1.165) is 24.0 Å². The molecule has 3 heterocycles. The lowest BCUT2D eigenvalue weighted by Crippen LogP contribution is -2.38. The second-order valence-corrected chi connectivity index (χ2v) is 9.38. The van der Waals surface area contributed by atoms with E-state index in [9.17, 15) is 9.59 Å². The van der Waals surface area contributed by atoms with Gasteiger partial charge < -0.3 is 21.1 Å². The molecule has 2 aromatic heterocycles. The normalized spacial score (nSPS) is 16.9. The Kier molecular flexibility index (Phi) is 5.52. The van der Waals surface area contributed by atoms with Crippen molar-refractivity contribution in [3.63, 3.8) is 0 Å². The second-order valence-electron chi connectivity index (χ2n) is 9.38. The molecule has 1 aliphatic heterocycles. The maximum atomic E-state index is 13.2. The Morgan fingerprint density at radius 2 is 1.88 bits per heavy atom. The van der Waals surface area contributed by atoms with Crippen molar-refractivity contribution < 1.29 is 14.3 Å². The Labute approximate surface area is 196 Å². The number of benzene rings is 1. The number of carbonyl (C=O) groups is 2. The molecule has 5 rings (SSSR count). The molecule has 10 heteroatoms. The number of rotatable bonds is 4. The summed E-state index contributed by atoms with van der Waals surface area (Å²) in [5.74, 6) is -0.297. The summed E-state index contributed by atoms with van der Waals surface area (Å²) >= 11 is 0. The number of aromatic amines is 1. The SMILES string of the molecule is CC1(C)Cc2cnc(N)nc2-c2[nH]nc(C(=O)Nc3ccc(C(=O)NC4CCOCC4)cc3)c21. The number of nitrogens with zero attached hydrogens (tertiary/aromatic N) is 3. The van der Waals surface area contributed by atoms with Gasteiger partial charge in [-0.1, -0.05) is 13.8 Å². The molecule has 34 heavy (non-hydrogen) atoms. The fourth-order valence-electron chi connectivity index (χ4n) is 4.67. The van der Waals surface area contributed by atoms with E-state index in [2.05, 4.69) is 44.6 Å². The molecule has 0 bridgehead atoms. The van der Waals surface area contributed by atoms with Crippen molar-refractivity contribution in [3.05, 3.63) is 52.8 Å². The number of carbonyl (C=O) groups excluding carboxylic acids is 2. The van der Waals surface area contributed by atoms with E-state index in [-0.39, 0.29) is 29.2 Å². The smallest absolute Gasteiger partial charge is 0.276 e. The summed E-state index contributed by atoms with van der Waals surface area (Å²) in [6.07, 6.45) is 4.01. The fourth-order valence-corrected chi connectivity index (χ4v) is 4.67. The average molecular weight is 462 g/mol. The Morgan fingerprint density at radius 3 is 2.62 bits per heavy atom. The lowest BCUT2D eigenvalue weighted by Gasteiger charge is -2.31. The predicted octanol–water partition coefficient (Wildman–Crippen LogP) is 2.44. The van der Waals surface area contributed by atoms with Gasteiger partial charge in [-0.3, -0.25) is 14.7 Å².